The fraction of sp³-hybridized carbons (Fsp3) is 0.200. The van der Waals surface area contributed by atoms with Gasteiger partial charge in [-0.1, -0.05) is 48.5 Å². The Morgan fingerprint density at radius 2 is 1.47 bits per heavy atom. The number of hydrogen-bond acceptors (Lipinski definition) is 4. The van der Waals surface area contributed by atoms with Gasteiger partial charge in [-0.05, 0) is 71.5 Å². The van der Waals surface area contributed by atoms with Gasteiger partial charge in [0.25, 0.3) is 10.0 Å². The Hall–Kier alpha value is -2.92. The summed E-state index contributed by atoms with van der Waals surface area (Å²) in [6.45, 7) is 1.34. The van der Waals surface area contributed by atoms with Crippen LogP contribution in [-0.4, -0.2) is 44.8 Å². The van der Waals surface area contributed by atoms with Crippen LogP contribution in [0.5, 0.6) is 0 Å². The van der Waals surface area contributed by atoms with Crippen LogP contribution in [-0.2, 0) is 26.2 Å². The van der Waals surface area contributed by atoms with Crippen molar-refractivity contribution in [2.24, 2.45) is 0 Å². The molecule has 0 saturated heterocycles. The van der Waals surface area contributed by atoms with E-state index in [1.807, 2.05) is 30.3 Å². The third kappa shape index (κ3) is 6.15. The number of sulfonamides is 1. The average molecular weight is 591 g/mol. The Morgan fingerprint density at radius 1 is 0.912 bits per heavy atom. The zero-order chi connectivity index (χ0) is 24.7. The number of hydrogen-bond donors (Lipinski definition) is 1. The van der Waals surface area contributed by atoms with E-state index in [2.05, 4.69) is 27.9 Å². The number of carbonyl (C=O) groups is 2. The molecule has 0 aliphatic carbocycles. The quantitative estimate of drug-likeness (QED) is 0.385. The lowest BCUT2D eigenvalue weighted by Gasteiger charge is -2.31. The van der Waals surface area contributed by atoms with Gasteiger partial charge in [-0.2, -0.15) is 0 Å². The van der Waals surface area contributed by atoms with Gasteiger partial charge in [0.05, 0.1) is 10.6 Å². The van der Waals surface area contributed by atoms with Crippen LogP contribution in [0.25, 0.3) is 0 Å². The number of likely N-dealkylation sites (N-methyl/N-ethyl adjacent to an activating group) is 1. The normalized spacial score (nSPS) is 12.0. The second-order valence-corrected chi connectivity index (χ2v) is 10.7. The monoisotopic (exact) mass is 591 g/mol. The second-order valence-electron chi connectivity index (χ2n) is 7.60. The van der Waals surface area contributed by atoms with Crippen molar-refractivity contribution in [1.82, 2.24) is 10.2 Å². The highest BCUT2D eigenvalue weighted by atomic mass is 127. The van der Waals surface area contributed by atoms with E-state index in [-0.39, 0.29) is 17.3 Å². The topological polar surface area (TPSA) is 86.8 Å². The Kier molecular flexibility index (Phi) is 8.67. The largest absolute Gasteiger partial charge is 0.357 e. The number of nitrogens with zero attached hydrogens (tertiary/aromatic N) is 2. The summed E-state index contributed by atoms with van der Waals surface area (Å²) in [6.07, 6.45) is 0. The minimum absolute atomic E-state index is 0.0790. The van der Waals surface area contributed by atoms with E-state index in [1.54, 1.807) is 49.4 Å². The van der Waals surface area contributed by atoms with Gasteiger partial charge in [-0.3, -0.25) is 13.9 Å². The molecule has 0 spiro atoms. The van der Waals surface area contributed by atoms with Crippen LogP contribution in [0.3, 0.4) is 0 Å². The van der Waals surface area contributed by atoms with E-state index in [1.165, 1.54) is 24.1 Å². The Balaban J connectivity index is 2.00. The third-order valence-electron chi connectivity index (χ3n) is 5.33. The molecule has 1 N–H and O–H groups in total. The van der Waals surface area contributed by atoms with Gasteiger partial charge in [0, 0.05) is 17.2 Å². The van der Waals surface area contributed by atoms with E-state index in [9.17, 15) is 18.0 Å². The van der Waals surface area contributed by atoms with Gasteiger partial charge in [-0.25, -0.2) is 8.42 Å². The smallest absolute Gasteiger partial charge is 0.264 e. The lowest BCUT2D eigenvalue weighted by atomic mass is 10.1. The summed E-state index contributed by atoms with van der Waals surface area (Å²) in [6, 6.07) is 23.4. The molecule has 3 aromatic carbocycles. The summed E-state index contributed by atoms with van der Waals surface area (Å²) in [4.78, 5) is 27.5. The van der Waals surface area contributed by atoms with Crippen LogP contribution in [0, 0.1) is 3.57 Å². The van der Waals surface area contributed by atoms with Crippen LogP contribution in [0.4, 0.5) is 5.69 Å². The van der Waals surface area contributed by atoms with Crippen molar-refractivity contribution in [1.29, 1.82) is 0 Å². The highest BCUT2D eigenvalue weighted by Crippen LogP contribution is 2.25. The van der Waals surface area contributed by atoms with Crippen molar-refractivity contribution >= 4 is 50.1 Å². The highest BCUT2D eigenvalue weighted by Gasteiger charge is 2.32. The molecular formula is C25H26IN3O4S. The lowest BCUT2D eigenvalue weighted by molar-refractivity contribution is -0.139. The standard InChI is InChI=1S/C25H26IN3O4S/c1-19(25(31)27-2)28(17-20-9-5-3-6-10-20)24(30)18-29(22-15-13-21(26)14-16-22)34(32,33)23-11-7-4-8-12-23/h3-16,19H,17-18H2,1-2H3,(H,27,31). The molecule has 0 radical (unpaired) electrons. The van der Waals surface area contributed by atoms with Crippen molar-refractivity contribution in [2.45, 2.75) is 24.4 Å². The number of amides is 2. The molecule has 3 rings (SSSR count). The molecule has 7 nitrogen and oxygen atoms in total. The summed E-state index contributed by atoms with van der Waals surface area (Å²) in [5, 5.41) is 2.57. The molecule has 34 heavy (non-hydrogen) atoms. The summed E-state index contributed by atoms with van der Waals surface area (Å²) in [5.74, 6) is -0.825. The zero-order valence-electron chi connectivity index (χ0n) is 18.9. The van der Waals surface area contributed by atoms with Gasteiger partial charge in [0.2, 0.25) is 11.8 Å². The molecule has 0 aromatic heterocycles. The predicted octanol–water partition coefficient (Wildman–Crippen LogP) is 3.65. The maximum atomic E-state index is 13.6. The fourth-order valence-electron chi connectivity index (χ4n) is 3.43. The summed E-state index contributed by atoms with van der Waals surface area (Å²) >= 11 is 2.13. The Bertz CT molecular complexity index is 1220. The van der Waals surface area contributed by atoms with E-state index < -0.39 is 28.5 Å². The van der Waals surface area contributed by atoms with E-state index in [0.717, 1.165) is 13.4 Å². The molecule has 0 aliphatic rings. The number of benzene rings is 3. The van der Waals surface area contributed by atoms with Gasteiger partial charge in [0.1, 0.15) is 12.6 Å². The van der Waals surface area contributed by atoms with Crippen molar-refractivity contribution in [2.75, 3.05) is 17.9 Å². The predicted molar refractivity (Wildman–Crippen MR) is 141 cm³/mol. The first-order valence-electron chi connectivity index (χ1n) is 10.6. The average Bonchev–Trinajstić information content (AvgIpc) is 2.86. The fourth-order valence-corrected chi connectivity index (χ4v) is 5.22. The van der Waals surface area contributed by atoms with Gasteiger partial charge in [-0.15, -0.1) is 0 Å². The van der Waals surface area contributed by atoms with Gasteiger partial charge in [0.15, 0.2) is 0 Å². The van der Waals surface area contributed by atoms with E-state index in [4.69, 9.17) is 0 Å². The number of rotatable bonds is 9. The van der Waals surface area contributed by atoms with Crippen LogP contribution < -0.4 is 9.62 Å². The molecular weight excluding hydrogens is 565 g/mol. The number of halogens is 1. The van der Waals surface area contributed by atoms with Crippen LogP contribution in [0.1, 0.15) is 12.5 Å². The minimum atomic E-state index is -4.04. The first-order valence-corrected chi connectivity index (χ1v) is 13.1. The molecule has 1 atom stereocenters. The summed E-state index contributed by atoms with van der Waals surface area (Å²) in [7, 11) is -2.54. The van der Waals surface area contributed by atoms with Crippen molar-refractivity contribution in [3.63, 3.8) is 0 Å². The molecule has 0 saturated carbocycles. The molecule has 9 heteroatoms. The molecule has 3 aromatic rings. The maximum absolute atomic E-state index is 13.6. The molecule has 0 heterocycles. The Labute approximate surface area is 214 Å². The molecule has 1 unspecified atom stereocenters. The molecule has 0 bridgehead atoms. The van der Waals surface area contributed by atoms with Crippen molar-refractivity contribution in [3.05, 3.63) is 94.1 Å². The van der Waals surface area contributed by atoms with Gasteiger partial charge < -0.3 is 10.2 Å². The van der Waals surface area contributed by atoms with Crippen LogP contribution >= 0.6 is 22.6 Å². The van der Waals surface area contributed by atoms with E-state index >= 15 is 0 Å². The number of carbonyl (C=O) groups excluding carboxylic acids is 2. The van der Waals surface area contributed by atoms with Crippen molar-refractivity contribution < 1.29 is 18.0 Å². The Morgan fingerprint density at radius 3 is 2.03 bits per heavy atom. The third-order valence-corrected chi connectivity index (χ3v) is 7.84. The van der Waals surface area contributed by atoms with Gasteiger partial charge >= 0.3 is 0 Å². The number of nitrogens with one attached hydrogen (secondary N) is 1. The molecule has 2 amide bonds. The lowest BCUT2D eigenvalue weighted by Crippen LogP contribution is -2.50. The summed E-state index contributed by atoms with van der Waals surface area (Å²) < 4.78 is 29.2. The van der Waals surface area contributed by atoms with Crippen molar-refractivity contribution in [3.8, 4) is 0 Å². The number of anilines is 1. The molecule has 0 fully saturated rings. The highest BCUT2D eigenvalue weighted by molar-refractivity contribution is 14.1. The zero-order valence-corrected chi connectivity index (χ0v) is 21.9. The SMILES string of the molecule is CNC(=O)C(C)N(Cc1ccccc1)C(=O)CN(c1ccc(I)cc1)S(=O)(=O)c1ccccc1. The first kappa shape index (κ1) is 25.7. The minimum Gasteiger partial charge on any atom is -0.357 e. The summed E-state index contributed by atoms with van der Waals surface area (Å²) in [5.41, 5.74) is 1.20. The van der Waals surface area contributed by atoms with Crippen LogP contribution in [0.2, 0.25) is 0 Å². The maximum Gasteiger partial charge on any atom is 0.264 e. The van der Waals surface area contributed by atoms with E-state index in [0.29, 0.717) is 5.69 Å². The van der Waals surface area contributed by atoms with Crippen LogP contribution in [0.15, 0.2) is 89.8 Å². The first-order chi connectivity index (χ1) is 16.2. The second kappa shape index (κ2) is 11.5. The molecule has 178 valence electrons. The molecule has 0 aliphatic heterocycles.